The van der Waals surface area contributed by atoms with E-state index in [2.05, 4.69) is 357 Å². The van der Waals surface area contributed by atoms with Crippen LogP contribution in [-0.4, -0.2) is 18.3 Å². The molecule has 0 N–H and O–H groups in total. The van der Waals surface area contributed by atoms with Crippen LogP contribution >= 0.6 is 0 Å². The van der Waals surface area contributed by atoms with Crippen molar-refractivity contribution < 1.29 is 0 Å². The number of nitrogens with zero attached hydrogens (tertiary/aromatic N) is 5. The van der Waals surface area contributed by atoms with Gasteiger partial charge in [-0.2, -0.15) is 0 Å². The van der Waals surface area contributed by atoms with Gasteiger partial charge in [0, 0.05) is 82.9 Å². The maximum Gasteiger partial charge on any atom is 0.0542 e. The van der Waals surface area contributed by atoms with Gasteiger partial charge in [-0.05, 0) is 197 Å². The second kappa shape index (κ2) is 20.4. The van der Waals surface area contributed by atoms with Gasteiger partial charge in [-0.15, -0.1) is 0 Å². The Morgan fingerprint density at radius 3 is 0.742 bits per heavy atom. The monoisotopic (exact) mass is 1130 g/mol. The summed E-state index contributed by atoms with van der Waals surface area (Å²) in [6.45, 7) is 0. The number of anilines is 3. The topological polar surface area (TPSA) is 23.0 Å². The predicted octanol–water partition coefficient (Wildman–Crippen LogP) is 22.5. The molecule has 89 heavy (non-hydrogen) atoms. The lowest BCUT2D eigenvalue weighted by Gasteiger charge is -2.26. The standard InChI is InChI=1S/C84H55N5/c1-5-21-62(22-6-1)86-77-33-17-13-29-69(77)73-52-57(39-45-81(73)86)60-49-59(50-61(51-60)58-40-46-82-74(53-58)70-30-14-18-34-78(70)87(82)63-23-7-2-8-24-63)56-37-41-66(42-38-56)85(67-43-47-83-75(54-67)71-31-15-19-35-79(71)88(83)64-25-9-3-10-26-64)68-44-48-84-76(55-68)72-32-16-20-36-80(72)89(84)65-27-11-4-12-28-65/h1-55H. The third-order valence-corrected chi connectivity index (χ3v) is 18.3. The molecule has 4 aromatic heterocycles. The highest BCUT2D eigenvalue weighted by Crippen LogP contribution is 2.45. The normalized spacial score (nSPS) is 11.8. The van der Waals surface area contributed by atoms with Crippen LogP contribution in [0.5, 0.6) is 0 Å². The van der Waals surface area contributed by atoms with Gasteiger partial charge < -0.3 is 23.2 Å². The molecule has 0 spiro atoms. The molecule has 18 rings (SSSR count). The number of rotatable bonds is 10. The minimum absolute atomic E-state index is 1.06. The molecule has 0 saturated carbocycles. The molecule has 416 valence electrons. The van der Waals surface area contributed by atoms with Gasteiger partial charge in [0.2, 0.25) is 0 Å². The van der Waals surface area contributed by atoms with Crippen molar-refractivity contribution in [2.24, 2.45) is 0 Å². The van der Waals surface area contributed by atoms with Gasteiger partial charge in [0.15, 0.2) is 0 Å². The third-order valence-electron chi connectivity index (χ3n) is 18.3. The average Bonchev–Trinajstić information content (AvgIpc) is 1.95. The first kappa shape index (κ1) is 50.4. The fourth-order valence-electron chi connectivity index (χ4n) is 14.3. The summed E-state index contributed by atoms with van der Waals surface area (Å²) in [5.74, 6) is 0. The second-order valence-electron chi connectivity index (χ2n) is 23.3. The van der Waals surface area contributed by atoms with Gasteiger partial charge in [0.1, 0.15) is 0 Å². The molecule has 0 fully saturated rings. The van der Waals surface area contributed by atoms with Crippen LogP contribution in [0.2, 0.25) is 0 Å². The second-order valence-corrected chi connectivity index (χ2v) is 23.3. The van der Waals surface area contributed by atoms with Crippen molar-refractivity contribution >= 4 is 104 Å². The lowest BCUT2D eigenvalue weighted by Crippen LogP contribution is -2.10. The Labute approximate surface area is 514 Å². The highest BCUT2D eigenvalue weighted by atomic mass is 15.1. The van der Waals surface area contributed by atoms with E-state index in [9.17, 15) is 0 Å². The van der Waals surface area contributed by atoms with Crippen LogP contribution in [0.3, 0.4) is 0 Å². The molecular formula is C84H55N5. The molecule has 0 unspecified atom stereocenters. The zero-order chi connectivity index (χ0) is 58.5. The van der Waals surface area contributed by atoms with Gasteiger partial charge in [0.25, 0.3) is 0 Å². The minimum Gasteiger partial charge on any atom is -0.310 e. The third kappa shape index (κ3) is 8.17. The SMILES string of the molecule is c1ccc(-n2c3ccccc3c3cc(-c4cc(-c5ccc(N(c6ccc7c(c6)c6ccccc6n7-c6ccccc6)c6ccc7c(c6)c6ccccc6n7-c6ccccc6)cc5)cc(-c5ccc6c(c5)c5ccccc5n6-c5ccccc5)c4)ccc32)cc1. The number of aromatic nitrogens is 4. The first-order valence-corrected chi connectivity index (χ1v) is 30.6. The maximum atomic E-state index is 2.44. The van der Waals surface area contributed by atoms with Crippen LogP contribution < -0.4 is 4.90 Å². The molecule has 5 heteroatoms. The Bertz CT molecular complexity index is 5440. The first-order chi connectivity index (χ1) is 44.1. The number of benzene rings is 14. The van der Waals surface area contributed by atoms with E-state index in [1.165, 1.54) is 76.2 Å². The molecular weight excluding hydrogens is 1080 g/mol. The van der Waals surface area contributed by atoms with Crippen molar-refractivity contribution in [2.75, 3.05) is 4.90 Å². The number of hydrogen-bond donors (Lipinski definition) is 0. The maximum absolute atomic E-state index is 2.44. The molecule has 0 bridgehead atoms. The van der Waals surface area contributed by atoms with Gasteiger partial charge >= 0.3 is 0 Å². The van der Waals surface area contributed by atoms with E-state index >= 15 is 0 Å². The molecule has 5 nitrogen and oxygen atoms in total. The van der Waals surface area contributed by atoms with Crippen molar-refractivity contribution in [3.05, 3.63) is 334 Å². The highest BCUT2D eigenvalue weighted by Gasteiger charge is 2.22. The summed E-state index contributed by atoms with van der Waals surface area (Å²) < 4.78 is 9.57. The Balaban J connectivity index is 0.823. The van der Waals surface area contributed by atoms with Crippen LogP contribution in [0.25, 0.3) is 143 Å². The summed E-state index contributed by atoms with van der Waals surface area (Å²) in [4.78, 5) is 2.44. The van der Waals surface area contributed by atoms with E-state index in [4.69, 9.17) is 0 Å². The van der Waals surface area contributed by atoms with E-state index in [0.717, 1.165) is 84.2 Å². The summed E-state index contributed by atoms with van der Waals surface area (Å²) in [6, 6.07) is 123. The van der Waals surface area contributed by atoms with Crippen molar-refractivity contribution in [3.8, 4) is 56.1 Å². The predicted molar refractivity (Wildman–Crippen MR) is 375 cm³/mol. The Morgan fingerprint density at radius 2 is 0.404 bits per heavy atom. The van der Waals surface area contributed by atoms with Crippen molar-refractivity contribution in [2.45, 2.75) is 0 Å². The lowest BCUT2D eigenvalue weighted by atomic mass is 9.92. The number of para-hydroxylation sites is 8. The van der Waals surface area contributed by atoms with Crippen LogP contribution in [0.1, 0.15) is 0 Å². The molecule has 0 saturated heterocycles. The van der Waals surface area contributed by atoms with Crippen molar-refractivity contribution in [1.29, 1.82) is 0 Å². The molecule has 0 aliphatic heterocycles. The number of hydrogen-bond acceptors (Lipinski definition) is 1. The van der Waals surface area contributed by atoms with E-state index < -0.39 is 0 Å². The van der Waals surface area contributed by atoms with E-state index in [-0.39, 0.29) is 0 Å². The molecule has 0 amide bonds. The van der Waals surface area contributed by atoms with Gasteiger partial charge in [0.05, 0.1) is 44.1 Å². The summed E-state index contributed by atoms with van der Waals surface area (Å²) in [5.41, 5.74) is 24.1. The van der Waals surface area contributed by atoms with Gasteiger partial charge in [-0.25, -0.2) is 0 Å². The van der Waals surface area contributed by atoms with E-state index in [1.54, 1.807) is 0 Å². The first-order valence-electron chi connectivity index (χ1n) is 30.6. The summed E-state index contributed by atoms with van der Waals surface area (Å²) in [7, 11) is 0. The van der Waals surface area contributed by atoms with Crippen molar-refractivity contribution in [1.82, 2.24) is 18.3 Å². The van der Waals surface area contributed by atoms with E-state index in [1.807, 2.05) is 0 Å². The molecule has 0 atom stereocenters. The molecule has 14 aromatic carbocycles. The Morgan fingerprint density at radius 1 is 0.157 bits per heavy atom. The molecule has 0 aliphatic rings. The average molecular weight is 1130 g/mol. The summed E-state index contributed by atoms with van der Waals surface area (Å²) in [5, 5.41) is 9.71. The lowest BCUT2D eigenvalue weighted by molar-refractivity contribution is 1.18. The Kier molecular flexibility index (Phi) is 11.5. The molecule has 0 aliphatic carbocycles. The smallest absolute Gasteiger partial charge is 0.0542 e. The molecule has 18 aromatic rings. The number of fused-ring (bicyclic) bond motifs is 12. The van der Waals surface area contributed by atoms with Crippen LogP contribution in [0.15, 0.2) is 334 Å². The highest BCUT2D eigenvalue weighted by molar-refractivity contribution is 6.14. The fourth-order valence-corrected chi connectivity index (χ4v) is 14.3. The minimum atomic E-state index is 1.06. The quantitative estimate of drug-likeness (QED) is 0.134. The summed E-state index contributed by atoms with van der Waals surface area (Å²) >= 11 is 0. The van der Waals surface area contributed by atoms with Crippen LogP contribution in [0, 0.1) is 0 Å². The van der Waals surface area contributed by atoms with Gasteiger partial charge in [-0.1, -0.05) is 170 Å². The molecule has 0 radical (unpaired) electrons. The zero-order valence-electron chi connectivity index (χ0n) is 48.5. The van der Waals surface area contributed by atoms with E-state index in [0.29, 0.717) is 0 Å². The summed E-state index contributed by atoms with van der Waals surface area (Å²) in [6.07, 6.45) is 0. The molecule has 4 heterocycles. The van der Waals surface area contributed by atoms with Crippen molar-refractivity contribution in [3.63, 3.8) is 0 Å². The Hall–Kier alpha value is -11.9. The van der Waals surface area contributed by atoms with Crippen LogP contribution in [-0.2, 0) is 0 Å². The largest absolute Gasteiger partial charge is 0.310 e. The van der Waals surface area contributed by atoms with Gasteiger partial charge in [-0.3, -0.25) is 0 Å². The fraction of sp³-hybridized carbons (Fsp3) is 0. The zero-order valence-corrected chi connectivity index (χ0v) is 48.5. The van der Waals surface area contributed by atoms with Crippen LogP contribution in [0.4, 0.5) is 17.1 Å².